The van der Waals surface area contributed by atoms with Gasteiger partial charge in [-0.2, -0.15) is 0 Å². The van der Waals surface area contributed by atoms with Crippen LogP contribution in [0.3, 0.4) is 0 Å². The fourth-order valence-corrected chi connectivity index (χ4v) is 3.61. The summed E-state index contributed by atoms with van der Waals surface area (Å²) in [6, 6.07) is 9.83. The van der Waals surface area contributed by atoms with Gasteiger partial charge in [0.1, 0.15) is 5.75 Å². The van der Waals surface area contributed by atoms with Crippen LogP contribution < -0.4 is 20.1 Å². The van der Waals surface area contributed by atoms with Crippen molar-refractivity contribution in [2.24, 2.45) is 0 Å². The van der Waals surface area contributed by atoms with Crippen LogP contribution >= 0.6 is 0 Å². The summed E-state index contributed by atoms with van der Waals surface area (Å²) in [7, 11) is 0. The van der Waals surface area contributed by atoms with Gasteiger partial charge in [-0.1, -0.05) is 30.3 Å². The fourth-order valence-electron chi connectivity index (χ4n) is 3.61. The van der Waals surface area contributed by atoms with E-state index in [-0.39, 0.29) is 47.2 Å². The number of nitro benzene ring substituents is 1. The lowest BCUT2D eigenvalue weighted by atomic mass is 9.91. The van der Waals surface area contributed by atoms with Crippen molar-refractivity contribution in [3.63, 3.8) is 0 Å². The molecule has 0 saturated heterocycles. The Balaban J connectivity index is 2.30. The van der Waals surface area contributed by atoms with Gasteiger partial charge in [-0.3, -0.25) is 10.1 Å². The first kappa shape index (κ1) is 24.6. The molecule has 1 heterocycles. The maximum Gasteiger partial charge on any atom is 0.338 e. The second kappa shape index (κ2) is 10.7. The van der Waals surface area contributed by atoms with Crippen LogP contribution in [0.2, 0.25) is 0 Å². The SMILES string of the molecule is CCOc1cc(OCC)c([N+](=O)[O-])cc1C1NC(=O)NC(c2ccccc2)=C1C(=O)OC(C)C. The van der Waals surface area contributed by atoms with Crippen LogP contribution in [-0.2, 0) is 9.53 Å². The number of ether oxygens (including phenoxy) is 3. The zero-order chi connectivity index (χ0) is 24.8. The van der Waals surface area contributed by atoms with E-state index in [9.17, 15) is 19.7 Å². The topological polar surface area (TPSA) is 129 Å². The molecule has 1 unspecified atom stereocenters. The van der Waals surface area contributed by atoms with Gasteiger partial charge in [-0.15, -0.1) is 0 Å². The minimum absolute atomic E-state index is 0.0264. The van der Waals surface area contributed by atoms with Crippen molar-refractivity contribution in [3.05, 3.63) is 69.3 Å². The zero-order valence-electron chi connectivity index (χ0n) is 19.4. The second-order valence-electron chi connectivity index (χ2n) is 7.62. The average Bonchev–Trinajstić information content (AvgIpc) is 2.79. The first-order valence-corrected chi connectivity index (χ1v) is 10.9. The molecule has 180 valence electrons. The van der Waals surface area contributed by atoms with Crippen LogP contribution in [0.4, 0.5) is 10.5 Å². The molecule has 0 saturated carbocycles. The van der Waals surface area contributed by atoms with E-state index in [0.717, 1.165) is 0 Å². The molecule has 0 fully saturated rings. The molecule has 2 N–H and O–H groups in total. The average molecular weight is 469 g/mol. The second-order valence-corrected chi connectivity index (χ2v) is 7.62. The van der Waals surface area contributed by atoms with Crippen molar-refractivity contribution >= 4 is 23.4 Å². The number of esters is 1. The van der Waals surface area contributed by atoms with Gasteiger partial charge >= 0.3 is 17.7 Å². The fraction of sp³-hybridized carbons (Fsp3) is 0.333. The molecule has 0 radical (unpaired) electrons. The summed E-state index contributed by atoms with van der Waals surface area (Å²) in [5, 5.41) is 17.2. The van der Waals surface area contributed by atoms with E-state index < -0.39 is 29.1 Å². The third kappa shape index (κ3) is 5.28. The van der Waals surface area contributed by atoms with E-state index in [1.807, 2.05) is 0 Å². The smallest absolute Gasteiger partial charge is 0.338 e. The molecule has 10 nitrogen and oxygen atoms in total. The number of hydrogen-bond acceptors (Lipinski definition) is 7. The number of hydrogen-bond donors (Lipinski definition) is 2. The Bertz CT molecular complexity index is 1110. The van der Waals surface area contributed by atoms with Crippen molar-refractivity contribution in [2.45, 2.75) is 39.8 Å². The Morgan fingerprint density at radius 1 is 1.09 bits per heavy atom. The van der Waals surface area contributed by atoms with Crippen LogP contribution in [0.15, 0.2) is 48.0 Å². The standard InChI is InChI=1S/C24H27N3O7/c1-5-32-18-13-19(33-6-2)17(27(30)31)12-16(18)22-20(23(28)34-14(3)4)21(25-24(29)26-22)15-10-8-7-9-11-15/h7-14,22H,5-6H2,1-4H3,(H2,25,26,29). The number of nitrogens with one attached hydrogen (secondary N) is 2. The van der Waals surface area contributed by atoms with Crippen LogP contribution in [-0.4, -0.2) is 36.2 Å². The zero-order valence-corrected chi connectivity index (χ0v) is 19.4. The van der Waals surface area contributed by atoms with E-state index in [0.29, 0.717) is 5.56 Å². The first-order chi connectivity index (χ1) is 16.3. The number of benzene rings is 2. The van der Waals surface area contributed by atoms with Crippen molar-refractivity contribution in [3.8, 4) is 11.5 Å². The number of nitrogens with zero attached hydrogens (tertiary/aromatic N) is 1. The summed E-state index contributed by atoms with van der Waals surface area (Å²) in [6.07, 6.45) is -0.434. The molecular formula is C24H27N3O7. The van der Waals surface area contributed by atoms with E-state index in [1.54, 1.807) is 58.0 Å². The molecule has 1 atom stereocenters. The first-order valence-electron chi connectivity index (χ1n) is 10.9. The van der Waals surface area contributed by atoms with Crippen molar-refractivity contribution < 1.29 is 28.7 Å². The van der Waals surface area contributed by atoms with Crippen LogP contribution in [0.25, 0.3) is 5.70 Å². The van der Waals surface area contributed by atoms with E-state index in [2.05, 4.69) is 10.6 Å². The minimum Gasteiger partial charge on any atom is -0.493 e. The summed E-state index contributed by atoms with van der Waals surface area (Å²) < 4.78 is 16.7. The van der Waals surface area contributed by atoms with Crippen LogP contribution in [0.5, 0.6) is 11.5 Å². The molecule has 1 aliphatic heterocycles. The number of nitro groups is 1. The van der Waals surface area contributed by atoms with Crippen molar-refractivity contribution in [1.82, 2.24) is 10.6 Å². The van der Waals surface area contributed by atoms with Gasteiger partial charge in [0, 0.05) is 17.7 Å². The molecule has 0 aliphatic carbocycles. The third-order valence-electron chi connectivity index (χ3n) is 4.90. The lowest BCUT2D eigenvalue weighted by Crippen LogP contribution is -2.45. The Hall–Kier alpha value is -4.08. The molecule has 34 heavy (non-hydrogen) atoms. The number of rotatable bonds is 9. The molecule has 1 aliphatic rings. The van der Waals surface area contributed by atoms with Gasteiger partial charge < -0.3 is 24.8 Å². The van der Waals surface area contributed by atoms with Gasteiger partial charge in [-0.05, 0) is 33.3 Å². The van der Waals surface area contributed by atoms with Crippen LogP contribution in [0, 0.1) is 10.1 Å². The van der Waals surface area contributed by atoms with Crippen molar-refractivity contribution in [1.29, 1.82) is 0 Å². The highest BCUT2D eigenvalue weighted by atomic mass is 16.6. The van der Waals surface area contributed by atoms with Gasteiger partial charge in [0.2, 0.25) is 5.75 Å². The molecule has 0 spiro atoms. The highest BCUT2D eigenvalue weighted by molar-refractivity contribution is 6.04. The van der Waals surface area contributed by atoms with E-state index >= 15 is 0 Å². The Kier molecular flexibility index (Phi) is 7.72. The van der Waals surface area contributed by atoms with E-state index in [4.69, 9.17) is 14.2 Å². The normalized spacial score (nSPS) is 15.4. The summed E-state index contributed by atoms with van der Waals surface area (Å²) in [4.78, 5) is 37.2. The molecule has 2 aromatic carbocycles. The maximum atomic E-state index is 13.3. The lowest BCUT2D eigenvalue weighted by Gasteiger charge is -2.31. The molecule has 2 amide bonds. The monoisotopic (exact) mass is 469 g/mol. The Labute approximate surface area is 197 Å². The number of urea groups is 1. The number of amides is 2. The predicted molar refractivity (Wildman–Crippen MR) is 124 cm³/mol. The predicted octanol–water partition coefficient (Wildman–Crippen LogP) is 4.11. The van der Waals surface area contributed by atoms with Crippen LogP contribution in [0.1, 0.15) is 44.9 Å². The molecule has 2 aromatic rings. The van der Waals surface area contributed by atoms with Gasteiger partial charge in [0.15, 0.2) is 0 Å². The van der Waals surface area contributed by atoms with Crippen molar-refractivity contribution in [2.75, 3.05) is 13.2 Å². The van der Waals surface area contributed by atoms with Gasteiger partial charge in [-0.25, -0.2) is 9.59 Å². The van der Waals surface area contributed by atoms with E-state index in [1.165, 1.54) is 12.1 Å². The summed E-state index contributed by atoms with van der Waals surface area (Å²) >= 11 is 0. The molecular weight excluding hydrogens is 442 g/mol. The molecule has 0 aromatic heterocycles. The molecule has 3 rings (SSSR count). The molecule has 0 bridgehead atoms. The Morgan fingerprint density at radius 3 is 2.32 bits per heavy atom. The summed E-state index contributed by atoms with van der Waals surface area (Å²) in [6.45, 7) is 7.33. The largest absolute Gasteiger partial charge is 0.493 e. The molecule has 10 heteroatoms. The van der Waals surface area contributed by atoms with Gasteiger partial charge in [0.25, 0.3) is 0 Å². The summed E-state index contributed by atoms with van der Waals surface area (Å²) in [5.74, 6) is -0.408. The number of carbonyl (C=O) groups excluding carboxylic acids is 2. The highest BCUT2D eigenvalue weighted by Gasteiger charge is 2.38. The minimum atomic E-state index is -1.08. The quantitative estimate of drug-likeness (QED) is 0.321. The lowest BCUT2D eigenvalue weighted by molar-refractivity contribution is -0.385. The highest BCUT2D eigenvalue weighted by Crippen LogP contribution is 2.42. The third-order valence-corrected chi connectivity index (χ3v) is 4.90. The Morgan fingerprint density at radius 2 is 1.74 bits per heavy atom. The summed E-state index contributed by atoms with van der Waals surface area (Å²) in [5.41, 5.74) is 0.844. The van der Waals surface area contributed by atoms with Gasteiger partial charge in [0.05, 0.1) is 41.6 Å². The number of carbonyl (C=O) groups is 2. The maximum absolute atomic E-state index is 13.3.